The van der Waals surface area contributed by atoms with Crippen LogP contribution in [0.2, 0.25) is 0 Å². The van der Waals surface area contributed by atoms with E-state index in [4.69, 9.17) is 10.3 Å². The Hall–Kier alpha value is -2.34. The molecule has 2 N–H and O–H groups in total. The lowest BCUT2D eigenvalue weighted by Gasteiger charge is -2.36. The van der Waals surface area contributed by atoms with Crippen LogP contribution in [0, 0.1) is 0 Å². The number of nitrogens with two attached hydrogens (primary N) is 1. The molecule has 0 unspecified atom stereocenters. The third kappa shape index (κ3) is 2.27. The van der Waals surface area contributed by atoms with Crippen molar-refractivity contribution in [1.29, 1.82) is 0 Å². The largest absolute Gasteiger partial charge is 0.339 e. The van der Waals surface area contributed by atoms with Crippen molar-refractivity contribution in [3.63, 3.8) is 0 Å². The Labute approximate surface area is 121 Å². The lowest BCUT2D eigenvalue weighted by Crippen LogP contribution is -2.48. The Morgan fingerprint density at radius 1 is 1.14 bits per heavy atom. The monoisotopic (exact) mass is 281 g/mol. The van der Waals surface area contributed by atoms with Crippen molar-refractivity contribution in [2.24, 2.45) is 5.73 Å². The number of nitrogens with zero attached hydrogens (tertiary/aromatic N) is 4. The van der Waals surface area contributed by atoms with Crippen LogP contribution in [0.25, 0.3) is 22.4 Å². The molecule has 0 amide bonds. The van der Waals surface area contributed by atoms with Gasteiger partial charge in [-0.15, -0.1) is 0 Å². The number of hydrogen-bond donors (Lipinski definition) is 1. The average molecular weight is 281 g/mol. The van der Waals surface area contributed by atoms with Crippen LogP contribution in [0.4, 0.5) is 0 Å². The molecule has 3 aromatic rings. The molecule has 6 heteroatoms. The third-order valence-corrected chi connectivity index (χ3v) is 4.05. The smallest absolute Gasteiger partial charge is 0.228 e. The van der Waals surface area contributed by atoms with Gasteiger partial charge in [0.15, 0.2) is 0 Å². The first-order valence-electron chi connectivity index (χ1n) is 7.05. The van der Waals surface area contributed by atoms with Gasteiger partial charge in [-0.25, -0.2) is 0 Å². The minimum Gasteiger partial charge on any atom is -0.339 e. The molecule has 2 heterocycles. The van der Waals surface area contributed by atoms with Crippen LogP contribution in [-0.4, -0.2) is 25.6 Å². The highest BCUT2D eigenvalue weighted by molar-refractivity contribution is 5.79. The predicted molar refractivity (Wildman–Crippen MR) is 77.3 cm³/mol. The molecule has 1 aromatic carbocycles. The van der Waals surface area contributed by atoms with Gasteiger partial charge >= 0.3 is 0 Å². The van der Waals surface area contributed by atoms with E-state index >= 15 is 0 Å². The topological polar surface area (TPSA) is 90.7 Å². The summed E-state index contributed by atoms with van der Waals surface area (Å²) < 4.78 is 5.33. The van der Waals surface area contributed by atoms with E-state index in [-0.39, 0.29) is 5.54 Å². The van der Waals surface area contributed by atoms with Crippen molar-refractivity contribution < 1.29 is 4.52 Å². The summed E-state index contributed by atoms with van der Waals surface area (Å²) in [6.45, 7) is 0. The molecule has 0 radical (unpaired) electrons. The second-order valence-electron chi connectivity index (χ2n) is 5.66. The minimum atomic E-state index is -0.154. The molecule has 106 valence electrons. The van der Waals surface area contributed by atoms with Gasteiger partial charge < -0.3 is 10.3 Å². The lowest BCUT2D eigenvalue weighted by atomic mass is 9.75. The molecule has 21 heavy (non-hydrogen) atoms. The lowest BCUT2D eigenvalue weighted by molar-refractivity contribution is 0.222. The van der Waals surface area contributed by atoms with E-state index in [0.717, 1.165) is 29.4 Å². The quantitative estimate of drug-likeness (QED) is 0.790. The Balaban J connectivity index is 1.64. The average Bonchev–Trinajstić information content (AvgIpc) is 2.93. The molecular weight excluding hydrogens is 266 g/mol. The molecule has 1 saturated carbocycles. The van der Waals surface area contributed by atoms with Gasteiger partial charge in [0.2, 0.25) is 11.7 Å². The molecule has 1 aliphatic rings. The highest BCUT2D eigenvalue weighted by Gasteiger charge is 2.34. The van der Waals surface area contributed by atoms with E-state index in [0.29, 0.717) is 18.1 Å². The van der Waals surface area contributed by atoms with E-state index in [1.807, 2.05) is 18.2 Å². The molecule has 0 atom stereocenters. The molecule has 6 nitrogen and oxygen atoms in total. The van der Waals surface area contributed by atoms with Gasteiger partial charge in [0.25, 0.3) is 0 Å². The van der Waals surface area contributed by atoms with Crippen LogP contribution in [0.1, 0.15) is 25.2 Å². The number of rotatable bonds is 3. The second-order valence-corrected chi connectivity index (χ2v) is 5.66. The third-order valence-electron chi connectivity index (χ3n) is 4.05. The molecule has 1 fully saturated rings. The maximum atomic E-state index is 6.21. The van der Waals surface area contributed by atoms with Crippen LogP contribution >= 0.6 is 0 Å². The van der Waals surface area contributed by atoms with Crippen molar-refractivity contribution >= 4 is 11.0 Å². The van der Waals surface area contributed by atoms with E-state index in [2.05, 4.69) is 20.1 Å². The van der Waals surface area contributed by atoms with Gasteiger partial charge in [-0.3, -0.25) is 9.97 Å². The Bertz CT molecular complexity index is 793. The summed E-state index contributed by atoms with van der Waals surface area (Å²) >= 11 is 0. The maximum Gasteiger partial charge on any atom is 0.228 e. The van der Waals surface area contributed by atoms with Crippen molar-refractivity contribution in [3.05, 3.63) is 36.5 Å². The highest BCUT2D eigenvalue weighted by atomic mass is 16.5. The Morgan fingerprint density at radius 3 is 2.71 bits per heavy atom. The fourth-order valence-corrected chi connectivity index (χ4v) is 2.66. The molecule has 0 saturated heterocycles. The van der Waals surface area contributed by atoms with Crippen LogP contribution in [0.3, 0.4) is 0 Å². The Morgan fingerprint density at radius 2 is 1.95 bits per heavy atom. The Kier molecular flexibility index (Phi) is 2.71. The van der Waals surface area contributed by atoms with Crippen LogP contribution in [0.5, 0.6) is 0 Å². The van der Waals surface area contributed by atoms with Crippen LogP contribution in [0.15, 0.2) is 35.1 Å². The van der Waals surface area contributed by atoms with E-state index in [1.54, 1.807) is 12.4 Å². The number of fused-ring (bicyclic) bond motifs is 1. The van der Waals surface area contributed by atoms with Crippen LogP contribution < -0.4 is 5.73 Å². The fourth-order valence-electron chi connectivity index (χ4n) is 2.66. The standard InChI is InChI=1S/C15H15N5O/c16-15(4-1-5-15)9-13-19-14(20-21-13)10-2-3-11-12(8-10)18-7-6-17-11/h2-3,6-8H,1,4-5,9,16H2. The maximum absolute atomic E-state index is 6.21. The predicted octanol–water partition coefficient (Wildman–Crippen LogP) is 2.10. The molecule has 0 spiro atoms. The number of benzene rings is 1. The normalized spacial score (nSPS) is 16.8. The highest BCUT2D eigenvalue weighted by Crippen LogP contribution is 2.32. The summed E-state index contributed by atoms with van der Waals surface area (Å²) in [5.74, 6) is 1.17. The molecular formula is C15H15N5O. The molecule has 0 bridgehead atoms. The van der Waals surface area contributed by atoms with Crippen molar-refractivity contribution in [1.82, 2.24) is 20.1 Å². The van der Waals surface area contributed by atoms with E-state index in [1.165, 1.54) is 6.42 Å². The van der Waals surface area contributed by atoms with Gasteiger partial charge in [0.1, 0.15) is 0 Å². The molecule has 4 rings (SSSR count). The summed E-state index contributed by atoms with van der Waals surface area (Å²) in [6.07, 6.45) is 7.22. The molecule has 0 aliphatic heterocycles. The van der Waals surface area contributed by atoms with Crippen molar-refractivity contribution in [3.8, 4) is 11.4 Å². The van der Waals surface area contributed by atoms with Crippen molar-refractivity contribution in [2.75, 3.05) is 0 Å². The first-order valence-corrected chi connectivity index (χ1v) is 7.05. The molecule has 1 aliphatic carbocycles. The van der Waals surface area contributed by atoms with Crippen molar-refractivity contribution in [2.45, 2.75) is 31.2 Å². The summed E-state index contributed by atoms with van der Waals surface area (Å²) in [4.78, 5) is 13.0. The zero-order valence-electron chi connectivity index (χ0n) is 11.5. The second kappa shape index (κ2) is 4.60. The van der Waals surface area contributed by atoms with Gasteiger partial charge in [-0.05, 0) is 37.5 Å². The number of aromatic nitrogens is 4. The summed E-state index contributed by atoms with van der Waals surface area (Å²) in [5, 5.41) is 4.05. The summed E-state index contributed by atoms with van der Waals surface area (Å²) in [5.41, 5.74) is 8.59. The van der Waals surface area contributed by atoms with E-state index < -0.39 is 0 Å². The van der Waals surface area contributed by atoms with E-state index in [9.17, 15) is 0 Å². The first-order chi connectivity index (χ1) is 10.2. The number of hydrogen-bond acceptors (Lipinski definition) is 6. The SMILES string of the molecule is NC1(Cc2nc(-c3ccc4nccnc4c3)no2)CCC1. The molecule has 2 aromatic heterocycles. The zero-order valence-corrected chi connectivity index (χ0v) is 11.5. The first kappa shape index (κ1) is 12.4. The van der Waals surface area contributed by atoms with Gasteiger partial charge in [-0.1, -0.05) is 5.16 Å². The summed E-state index contributed by atoms with van der Waals surface area (Å²) in [6, 6.07) is 5.75. The van der Waals surface area contributed by atoms with Crippen LogP contribution in [-0.2, 0) is 6.42 Å². The minimum absolute atomic E-state index is 0.154. The summed E-state index contributed by atoms with van der Waals surface area (Å²) in [7, 11) is 0. The van der Waals surface area contributed by atoms with Gasteiger partial charge in [0, 0.05) is 29.9 Å². The van der Waals surface area contributed by atoms with Gasteiger partial charge in [0.05, 0.1) is 11.0 Å². The van der Waals surface area contributed by atoms with Gasteiger partial charge in [-0.2, -0.15) is 4.98 Å². The zero-order chi connectivity index (χ0) is 14.3. The fraction of sp³-hybridized carbons (Fsp3) is 0.333.